The van der Waals surface area contributed by atoms with E-state index in [9.17, 15) is 8.42 Å². The molecule has 0 amide bonds. The first-order valence-electron chi connectivity index (χ1n) is 4.91. The Kier molecular flexibility index (Phi) is 3.55. The molecule has 0 bridgehead atoms. The van der Waals surface area contributed by atoms with Crippen molar-refractivity contribution in [3.63, 3.8) is 0 Å². The van der Waals surface area contributed by atoms with Crippen molar-refractivity contribution in [2.75, 3.05) is 19.4 Å². The summed E-state index contributed by atoms with van der Waals surface area (Å²) in [7, 11) is -3.27. The summed E-state index contributed by atoms with van der Waals surface area (Å²) in [5, 5.41) is 3.39. The smallest absolute Gasteiger partial charge is 0.264 e. The standard InChI is InChI=1S/C9H19NO3S/c1-9(2)8(4-6-10-9)5-7-13-14(3,11)12/h8,10H,4-7H2,1-3H3. The molecule has 1 rings (SSSR count). The highest BCUT2D eigenvalue weighted by atomic mass is 32.2. The van der Waals surface area contributed by atoms with Crippen molar-refractivity contribution in [3.8, 4) is 0 Å². The van der Waals surface area contributed by atoms with Gasteiger partial charge in [-0.15, -0.1) is 0 Å². The number of hydrogen-bond donors (Lipinski definition) is 1. The minimum Gasteiger partial charge on any atom is -0.312 e. The zero-order valence-electron chi connectivity index (χ0n) is 9.04. The molecule has 0 aromatic carbocycles. The third-order valence-corrected chi connectivity index (χ3v) is 3.45. The molecule has 1 atom stereocenters. The van der Waals surface area contributed by atoms with Crippen LogP contribution in [0.4, 0.5) is 0 Å². The zero-order valence-corrected chi connectivity index (χ0v) is 9.86. The SMILES string of the molecule is CC1(C)NCCC1CCOS(C)(=O)=O. The Balaban J connectivity index is 2.32. The number of rotatable bonds is 4. The van der Waals surface area contributed by atoms with Gasteiger partial charge in [-0.1, -0.05) is 0 Å². The van der Waals surface area contributed by atoms with E-state index >= 15 is 0 Å². The summed E-state index contributed by atoms with van der Waals surface area (Å²) in [5.74, 6) is 0.504. The topological polar surface area (TPSA) is 55.4 Å². The number of hydrogen-bond acceptors (Lipinski definition) is 4. The average Bonchev–Trinajstić information content (AvgIpc) is 2.28. The van der Waals surface area contributed by atoms with Crippen molar-refractivity contribution in [2.24, 2.45) is 5.92 Å². The molecule has 1 unspecified atom stereocenters. The average molecular weight is 221 g/mol. The van der Waals surface area contributed by atoms with Crippen LogP contribution in [0.2, 0.25) is 0 Å². The van der Waals surface area contributed by atoms with Gasteiger partial charge < -0.3 is 5.32 Å². The number of nitrogens with one attached hydrogen (secondary N) is 1. The van der Waals surface area contributed by atoms with Crippen molar-refractivity contribution in [2.45, 2.75) is 32.2 Å². The van der Waals surface area contributed by atoms with E-state index in [1.165, 1.54) is 0 Å². The Hall–Kier alpha value is -0.130. The molecule has 0 aromatic rings. The summed E-state index contributed by atoms with van der Waals surface area (Å²) in [6.45, 7) is 5.60. The summed E-state index contributed by atoms with van der Waals surface area (Å²) in [6.07, 6.45) is 2.98. The highest BCUT2D eigenvalue weighted by molar-refractivity contribution is 7.85. The summed E-state index contributed by atoms with van der Waals surface area (Å²) >= 11 is 0. The molecule has 1 aliphatic rings. The van der Waals surface area contributed by atoms with Crippen LogP contribution in [0.1, 0.15) is 26.7 Å². The van der Waals surface area contributed by atoms with Crippen molar-refractivity contribution < 1.29 is 12.6 Å². The fourth-order valence-corrected chi connectivity index (χ4v) is 2.32. The highest BCUT2D eigenvalue weighted by Gasteiger charge is 2.33. The van der Waals surface area contributed by atoms with Crippen molar-refractivity contribution >= 4 is 10.1 Å². The molecule has 0 saturated carbocycles. The van der Waals surface area contributed by atoms with Gasteiger partial charge in [-0.25, -0.2) is 0 Å². The first-order valence-corrected chi connectivity index (χ1v) is 6.72. The van der Waals surface area contributed by atoms with Crippen LogP contribution < -0.4 is 5.32 Å². The quantitative estimate of drug-likeness (QED) is 0.711. The van der Waals surface area contributed by atoms with Crippen LogP contribution in [0.3, 0.4) is 0 Å². The lowest BCUT2D eigenvalue weighted by atomic mass is 9.87. The second-order valence-corrected chi connectivity index (χ2v) is 6.09. The highest BCUT2D eigenvalue weighted by Crippen LogP contribution is 2.28. The Labute approximate surface area is 86.2 Å². The molecule has 1 N–H and O–H groups in total. The van der Waals surface area contributed by atoms with Gasteiger partial charge in [0.15, 0.2) is 0 Å². The maximum Gasteiger partial charge on any atom is 0.264 e. The normalized spacial score (nSPS) is 26.6. The van der Waals surface area contributed by atoms with Crippen molar-refractivity contribution in [1.82, 2.24) is 5.32 Å². The molecular weight excluding hydrogens is 202 g/mol. The lowest BCUT2D eigenvalue weighted by molar-refractivity contribution is 0.242. The fourth-order valence-electron chi connectivity index (χ4n) is 1.92. The van der Waals surface area contributed by atoms with Crippen molar-refractivity contribution in [1.29, 1.82) is 0 Å². The lowest BCUT2D eigenvalue weighted by Crippen LogP contribution is -2.38. The van der Waals surface area contributed by atoms with Gasteiger partial charge in [0, 0.05) is 5.54 Å². The summed E-state index contributed by atoms with van der Waals surface area (Å²) in [5.41, 5.74) is 0.112. The third-order valence-electron chi connectivity index (χ3n) is 2.86. The molecule has 84 valence electrons. The van der Waals surface area contributed by atoms with E-state index in [1.54, 1.807) is 0 Å². The Morgan fingerprint density at radius 1 is 1.50 bits per heavy atom. The molecule has 14 heavy (non-hydrogen) atoms. The first kappa shape index (κ1) is 11.9. The Bertz CT molecular complexity index is 284. The van der Waals surface area contributed by atoms with Crippen LogP contribution in [0.25, 0.3) is 0 Å². The molecule has 1 aliphatic heterocycles. The zero-order chi connectivity index (χ0) is 10.8. The van der Waals surface area contributed by atoms with Crippen LogP contribution in [-0.4, -0.2) is 33.4 Å². The maximum absolute atomic E-state index is 10.7. The maximum atomic E-state index is 10.7. The second-order valence-electron chi connectivity index (χ2n) is 4.45. The molecule has 1 saturated heterocycles. The monoisotopic (exact) mass is 221 g/mol. The predicted octanol–water partition coefficient (Wildman–Crippen LogP) is 0.741. The van der Waals surface area contributed by atoms with Gasteiger partial charge in [0.1, 0.15) is 0 Å². The van der Waals surface area contributed by atoms with E-state index in [0.29, 0.717) is 12.5 Å². The molecule has 0 spiro atoms. The third kappa shape index (κ3) is 3.55. The van der Waals surface area contributed by atoms with E-state index in [1.807, 2.05) is 0 Å². The van der Waals surface area contributed by atoms with E-state index < -0.39 is 10.1 Å². The molecule has 4 nitrogen and oxygen atoms in total. The molecule has 0 aliphatic carbocycles. The minimum absolute atomic E-state index is 0.112. The molecule has 0 radical (unpaired) electrons. The fraction of sp³-hybridized carbons (Fsp3) is 1.00. The molecule has 1 fully saturated rings. The van der Waals surface area contributed by atoms with E-state index in [-0.39, 0.29) is 5.54 Å². The second kappa shape index (κ2) is 4.16. The van der Waals surface area contributed by atoms with Gasteiger partial charge in [-0.05, 0) is 39.2 Å². The Morgan fingerprint density at radius 3 is 2.57 bits per heavy atom. The van der Waals surface area contributed by atoms with Crippen LogP contribution >= 0.6 is 0 Å². The van der Waals surface area contributed by atoms with Crippen molar-refractivity contribution in [3.05, 3.63) is 0 Å². The van der Waals surface area contributed by atoms with Gasteiger partial charge in [0.25, 0.3) is 10.1 Å². The van der Waals surface area contributed by atoms with Gasteiger partial charge >= 0.3 is 0 Å². The van der Waals surface area contributed by atoms with Crippen LogP contribution in [0.5, 0.6) is 0 Å². The lowest BCUT2D eigenvalue weighted by Gasteiger charge is -2.26. The molecule has 5 heteroatoms. The summed E-state index contributed by atoms with van der Waals surface area (Å²) < 4.78 is 26.2. The van der Waals surface area contributed by atoms with Crippen LogP contribution in [-0.2, 0) is 14.3 Å². The van der Waals surface area contributed by atoms with Crippen LogP contribution in [0.15, 0.2) is 0 Å². The van der Waals surface area contributed by atoms with E-state index in [4.69, 9.17) is 4.18 Å². The minimum atomic E-state index is -3.27. The van der Waals surface area contributed by atoms with Crippen LogP contribution in [0, 0.1) is 5.92 Å². The van der Waals surface area contributed by atoms with Gasteiger partial charge in [-0.3, -0.25) is 4.18 Å². The summed E-state index contributed by atoms with van der Waals surface area (Å²) in [6, 6.07) is 0. The van der Waals surface area contributed by atoms with Gasteiger partial charge in [-0.2, -0.15) is 8.42 Å². The Morgan fingerprint density at radius 2 is 2.14 bits per heavy atom. The largest absolute Gasteiger partial charge is 0.312 e. The summed E-state index contributed by atoms with van der Waals surface area (Å²) in [4.78, 5) is 0. The van der Waals surface area contributed by atoms with E-state index in [2.05, 4.69) is 19.2 Å². The predicted molar refractivity (Wildman–Crippen MR) is 55.6 cm³/mol. The molecular formula is C9H19NO3S. The first-order chi connectivity index (χ1) is 6.31. The van der Waals surface area contributed by atoms with E-state index in [0.717, 1.165) is 25.6 Å². The molecule has 1 heterocycles. The van der Waals surface area contributed by atoms with Gasteiger partial charge in [0.05, 0.1) is 12.9 Å². The molecule has 0 aromatic heterocycles. The van der Waals surface area contributed by atoms with Gasteiger partial charge in [0.2, 0.25) is 0 Å².